The average molecular weight is 438 g/mol. The molecule has 0 bridgehead atoms. The Morgan fingerprint density at radius 3 is 2.29 bits per heavy atom. The molecule has 0 radical (unpaired) electrons. The van der Waals surface area contributed by atoms with E-state index in [4.69, 9.17) is 21.1 Å². The lowest BCUT2D eigenvalue weighted by atomic mass is 10.1. The van der Waals surface area contributed by atoms with Gasteiger partial charge < -0.3 is 14.8 Å². The molecule has 0 aliphatic rings. The summed E-state index contributed by atoms with van der Waals surface area (Å²) in [7, 11) is 3.10. The molecule has 0 heterocycles. The largest absolute Gasteiger partial charge is 0.493 e. The first kappa shape index (κ1) is 21.9. The summed E-state index contributed by atoms with van der Waals surface area (Å²) in [5, 5.41) is 7.20. The number of hydrogen-bond donors (Lipinski definition) is 2. The van der Waals surface area contributed by atoms with E-state index in [1.165, 1.54) is 6.21 Å². The van der Waals surface area contributed by atoms with Crippen LogP contribution >= 0.6 is 11.6 Å². The molecule has 31 heavy (non-hydrogen) atoms. The second-order valence-corrected chi connectivity index (χ2v) is 6.79. The van der Waals surface area contributed by atoms with Crippen LogP contribution in [-0.4, -0.2) is 32.2 Å². The molecule has 158 valence electrons. The Labute approximate surface area is 184 Å². The van der Waals surface area contributed by atoms with E-state index < -0.39 is 0 Å². The third-order valence-corrected chi connectivity index (χ3v) is 4.51. The Morgan fingerprint density at radius 1 is 0.871 bits per heavy atom. The monoisotopic (exact) mass is 437 g/mol. The summed E-state index contributed by atoms with van der Waals surface area (Å²) in [6.07, 6.45) is 1.50. The van der Waals surface area contributed by atoms with Gasteiger partial charge in [-0.3, -0.25) is 9.59 Å². The lowest BCUT2D eigenvalue weighted by Gasteiger charge is -2.07. The highest BCUT2D eigenvalue weighted by Crippen LogP contribution is 2.26. The van der Waals surface area contributed by atoms with Crippen molar-refractivity contribution in [1.29, 1.82) is 0 Å². The van der Waals surface area contributed by atoms with Crippen LogP contribution in [0.25, 0.3) is 0 Å². The molecule has 3 aromatic carbocycles. The van der Waals surface area contributed by atoms with Gasteiger partial charge in [-0.1, -0.05) is 17.7 Å². The number of benzene rings is 3. The Balaban J connectivity index is 1.59. The van der Waals surface area contributed by atoms with E-state index in [0.29, 0.717) is 33.3 Å². The SMILES string of the molecule is COc1ccc(C=NNC(=O)c2ccc(NC(=O)c3cccc(Cl)c3)cc2)cc1OC. The van der Waals surface area contributed by atoms with Gasteiger partial charge in [-0.2, -0.15) is 5.10 Å². The third-order valence-electron chi connectivity index (χ3n) is 4.28. The quantitative estimate of drug-likeness (QED) is 0.424. The molecular formula is C23H20ClN3O4. The van der Waals surface area contributed by atoms with Gasteiger partial charge in [-0.05, 0) is 66.2 Å². The van der Waals surface area contributed by atoms with Crippen molar-refractivity contribution >= 4 is 35.3 Å². The molecule has 2 amide bonds. The molecule has 8 heteroatoms. The molecule has 3 aromatic rings. The van der Waals surface area contributed by atoms with Crippen LogP contribution in [0.5, 0.6) is 11.5 Å². The van der Waals surface area contributed by atoms with Gasteiger partial charge in [-0.15, -0.1) is 0 Å². The van der Waals surface area contributed by atoms with Crippen LogP contribution in [0.4, 0.5) is 5.69 Å². The molecule has 0 saturated heterocycles. The maximum absolute atomic E-state index is 12.3. The van der Waals surface area contributed by atoms with E-state index in [1.807, 2.05) is 0 Å². The summed E-state index contributed by atoms with van der Waals surface area (Å²) < 4.78 is 10.4. The van der Waals surface area contributed by atoms with Crippen LogP contribution < -0.4 is 20.2 Å². The zero-order valence-corrected chi connectivity index (χ0v) is 17.6. The molecular weight excluding hydrogens is 418 g/mol. The highest BCUT2D eigenvalue weighted by Gasteiger charge is 2.08. The van der Waals surface area contributed by atoms with Crippen molar-refractivity contribution < 1.29 is 19.1 Å². The fourth-order valence-corrected chi connectivity index (χ4v) is 2.89. The van der Waals surface area contributed by atoms with Crippen LogP contribution in [-0.2, 0) is 0 Å². The van der Waals surface area contributed by atoms with Crippen molar-refractivity contribution in [3.05, 3.63) is 88.4 Å². The number of carbonyl (C=O) groups is 2. The first-order chi connectivity index (χ1) is 15.0. The molecule has 0 aliphatic carbocycles. The predicted molar refractivity (Wildman–Crippen MR) is 120 cm³/mol. The Morgan fingerprint density at radius 2 is 1.61 bits per heavy atom. The van der Waals surface area contributed by atoms with Gasteiger partial charge in [0, 0.05) is 21.8 Å². The number of halogens is 1. The summed E-state index contributed by atoms with van der Waals surface area (Å²) >= 11 is 5.91. The zero-order chi connectivity index (χ0) is 22.2. The van der Waals surface area contributed by atoms with Crippen LogP contribution in [0.15, 0.2) is 71.8 Å². The second-order valence-electron chi connectivity index (χ2n) is 6.36. The fraction of sp³-hybridized carbons (Fsp3) is 0.0870. The van der Waals surface area contributed by atoms with E-state index in [1.54, 1.807) is 80.9 Å². The van der Waals surface area contributed by atoms with Crippen molar-refractivity contribution in [2.75, 3.05) is 19.5 Å². The number of amides is 2. The molecule has 3 rings (SSSR count). The van der Waals surface area contributed by atoms with Gasteiger partial charge in [0.25, 0.3) is 11.8 Å². The molecule has 0 aliphatic heterocycles. The maximum atomic E-state index is 12.3. The van der Waals surface area contributed by atoms with Crippen molar-refractivity contribution in [2.24, 2.45) is 5.10 Å². The molecule has 0 fully saturated rings. The normalized spacial score (nSPS) is 10.5. The first-order valence-corrected chi connectivity index (χ1v) is 9.60. The summed E-state index contributed by atoms with van der Waals surface area (Å²) in [5.41, 5.74) is 4.58. The molecule has 0 saturated carbocycles. The van der Waals surface area contributed by atoms with Crippen LogP contribution in [0, 0.1) is 0 Å². The minimum atomic E-state index is -0.385. The zero-order valence-electron chi connectivity index (χ0n) is 16.9. The minimum Gasteiger partial charge on any atom is -0.493 e. The number of methoxy groups -OCH3 is 2. The Kier molecular flexibility index (Phi) is 7.24. The molecule has 0 aromatic heterocycles. The summed E-state index contributed by atoms with van der Waals surface area (Å²) in [4.78, 5) is 24.5. The van der Waals surface area contributed by atoms with Crippen LogP contribution in [0.2, 0.25) is 5.02 Å². The van der Waals surface area contributed by atoms with Crippen molar-refractivity contribution in [2.45, 2.75) is 0 Å². The van der Waals surface area contributed by atoms with E-state index in [-0.39, 0.29) is 11.8 Å². The summed E-state index contributed by atoms with van der Waals surface area (Å²) in [5.74, 6) is 0.489. The number of hydrazone groups is 1. The number of nitrogens with zero attached hydrogens (tertiary/aromatic N) is 1. The van der Waals surface area contributed by atoms with E-state index in [9.17, 15) is 9.59 Å². The molecule has 7 nitrogen and oxygen atoms in total. The number of anilines is 1. The fourth-order valence-electron chi connectivity index (χ4n) is 2.70. The lowest BCUT2D eigenvalue weighted by molar-refractivity contribution is 0.0954. The van der Waals surface area contributed by atoms with Crippen LogP contribution in [0.1, 0.15) is 26.3 Å². The number of nitrogens with one attached hydrogen (secondary N) is 2. The average Bonchev–Trinajstić information content (AvgIpc) is 2.79. The van der Waals surface area contributed by atoms with Crippen molar-refractivity contribution in [3.63, 3.8) is 0 Å². The standard InChI is InChI=1S/C23H20ClN3O4/c1-30-20-11-6-15(12-21(20)31-2)14-25-27-23(29)16-7-9-19(10-8-16)26-22(28)17-4-3-5-18(24)13-17/h3-14H,1-2H3,(H,26,28)(H,27,29). The first-order valence-electron chi connectivity index (χ1n) is 9.22. The minimum absolute atomic E-state index is 0.292. The highest BCUT2D eigenvalue weighted by molar-refractivity contribution is 6.31. The molecule has 2 N–H and O–H groups in total. The predicted octanol–water partition coefficient (Wildman–Crippen LogP) is 4.37. The van der Waals surface area contributed by atoms with Gasteiger partial charge in [0.15, 0.2) is 11.5 Å². The topological polar surface area (TPSA) is 89.0 Å². The van der Waals surface area contributed by atoms with Crippen molar-refractivity contribution in [3.8, 4) is 11.5 Å². The number of carbonyl (C=O) groups excluding carboxylic acids is 2. The second kappa shape index (κ2) is 10.3. The van der Waals surface area contributed by atoms with Gasteiger partial charge >= 0.3 is 0 Å². The number of rotatable bonds is 7. The Bertz CT molecular complexity index is 1110. The van der Waals surface area contributed by atoms with E-state index in [0.717, 1.165) is 5.56 Å². The van der Waals surface area contributed by atoms with Crippen LogP contribution in [0.3, 0.4) is 0 Å². The van der Waals surface area contributed by atoms with E-state index >= 15 is 0 Å². The molecule has 0 atom stereocenters. The number of ether oxygens (including phenoxy) is 2. The summed E-state index contributed by atoms with van der Waals surface area (Å²) in [6.45, 7) is 0. The van der Waals surface area contributed by atoms with Gasteiger partial charge in [-0.25, -0.2) is 5.43 Å². The number of hydrogen-bond acceptors (Lipinski definition) is 5. The van der Waals surface area contributed by atoms with Crippen molar-refractivity contribution in [1.82, 2.24) is 5.43 Å². The lowest BCUT2D eigenvalue weighted by Crippen LogP contribution is -2.18. The third kappa shape index (κ3) is 5.83. The summed E-state index contributed by atoms with van der Waals surface area (Å²) in [6, 6.07) is 18.4. The van der Waals surface area contributed by atoms with Gasteiger partial charge in [0.05, 0.1) is 20.4 Å². The highest BCUT2D eigenvalue weighted by atomic mass is 35.5. The maximum Gasteiger partial charge on any atom is 0.271 e. The van der Waals surface area contributed by atoms with Gasteiger partial charge in [0.2, 0.25) is 0 Å². The molecule has 0 unspecified atom stereocenters. The van der Waals surface area contributed by atoms with E-state index in [2.05, 4.69) is 15.8 Å². The Hall–Kier alpha value is -3.84. The molecule has 0 spiro atoms. The smallest absolute Gasteiger partial charge is 0.271 e. The van der Waals surface area contributed by atoms with Gasteiger partial charge in [0.1, 0.15) is 0 Å².